The molecule has 186 valence electrons. The van der Waals surface area contributed by atoms with Crippen molar-refractivity contribution in [3.8, 4) is 11.5 Å². The summed E-state index contributed by atoms with van der Waals surface area (Å²) in [5.41, 5.74) is 2.27. The molecule has 4 rings (SSSR count). The maximum atomic E-state index is 13.7. The molecule has 3 aromatic rings. The first kappa shape index (κ1) is 25.2. The number of carbonyl (C=O) groups is 1. The number of rotatable bonds is 9. The zero-order valence-corrected chi connectivity index (χ0v) is 21.3. The molecular weight excluding hydrogens is 476 g/mol. The number of thiazole rings is 1. The van der Waals surface area contributed by atoms with Gasteiger partial charge in [0.2, 0.25) is 0 Å². The van der Waals surface area contributed by atoms with Gasteiger partial charge >= 0.3 is 5.97 Å². The highest BCUT2D eigenvalue weighted by atomic mass is 32.1. The van der Waals surface area contributed by atoms with Gasteiger partial charge in [-0.3, -0.25) is 9.36 Å². The summed E-state index contributed by atoms with van der Waals surface area (Å²) in [6.45, 7) is 10.3. The second-order valence-electron chi connectivity index (χ2n) is 7.97. The molecule has 1 aromatic heterocycles. The van der Waals surface area contributed by atoms with Crippen LogP contribution in [0.5, 0.6) is 11.5 Å². The van der Waals surface area contributed by atoms with Crippen molar-refractivity contribution in [2.24, 2.45) is 4.99 Å². The van der Waals surface area contributed by atoms with E-state index in [1.165, 1.54) is 11.3 Å². The minimum absolute atomic E-state index is 0.221. The third-order valence-corrected chi connectivity index (χ3v) is 6.55. The second-order valence-corrected chi connectivity index (χ2v) is 8.98. The molecule has 2 aromatic carbocycles. The lowest BCUT2D eigenvalue weighted by atomic mass is 9.96. The first-order chi connectivity index (χ1) is 17.5. The molecule has 0 fully saturated rings. The van der Waals surface area contributed by atoms with Crippen molar-refractivity contribution in [2.75, 3.05) is 19.8 Å². The number of esters is 1. The number of fused-ring (bicyclic) bond motifs is 1. The predicted octanol–water partition coefficient (Wildman–Crippen LogP) is 3.76. The summed E-state index contributed by atoms with van der Waals surface area (Å²) in [4.78, 5) is 31.8. The first-order valence-electron chi connectivity index (χ1n) is 11.7. The van der Waals surface area contributed by atoms with E-state index in [0.29, 0.717) is 39.6 Å². The van der Waals surface area contributed by atoms with Gasteiger partial charge in [-0.15, -0.1) is 0 Å². The Morgan fingerprint density at radius 1 is 1.06 bits per heavy atom. The van der Waals surface area contributed by atoms with Crippen LogP contribution in [0.3, 0.4) is 0 Å². The number of ether oxygens (including phenoxy) is 3. The van der Waals surface area contributed by atoms with Gasteiger partial charge in [-0.1, -0.05) is 48.3 Å². The fourth-order valence-electron chi connectivity index (χ4n) is 3.99. The third kappa shape index (κ3) is 5.18. The van der Waals surface area contributed by atoms with E-state index in [0.717, 1.165) is 16.9 Å². The van der Waals surface area contributed by atoms with E-state index in [1.54, 1.807) is 24.5 Å². The van der Waals surface area contributed by atoms with Gasteiger partial charge in [0.15, 0.2) is 4.80 Å². The predicted molar refractivity (Wildman–Crippen MR) is 140 cm³/mol. The van der Waals surface area contributed by atoms with Crippen molar-refractivity contribution in [1.29, 1.82) is 0 Å². The molecule has 8 heteroatoms. The van der Waals surface area contributed by atoms with Crippen molar-refractivity contribution in [3.63, 3.8) is 0 Å². The molecule has 1 atom stereocenters. The Hall–Kier alpha value is -3.91. The molecule has 1 aliphatic heterocycles. The van der Waals surface area contributed by atoms with Crippen molar-refractivity contribution >= 4 is 23.4 Å². The van der Waals surface area contributed by atoms with Crippen LogP contribution in [0.25, 0.3) is 6.08 Å². The Balaban J connectivity index is 1.83. The van der Waals surface area contributed by atoms with Crippen molar-refractivity contribution in [1.82, 2.24) is 4.57 Å². The monoisotopic (exact) mass is 504 g/mol. The highest BCUT2D eigenvalue weighted by molar-refractivity contribution is 7.07. The molecule has 0 unspecified atom stereocenters. The summed E-state index contributed by atoms with van der Waals surface area (Å²) in [7, 11) is 0. The average molecular weight is 505 g/mol. The van der Waals surface area contributed by atoms with E-state index < -0.39 is 12.0 Å². The normalized spacial score (nSPS) is 15.2. The van der Waals surface area contributed by atoms with E-state index in [1.807, 2.05) is 61.5 Å². The first-order valence-corrected chi connectivity index (χ1v) is 12.5. The quantitative estimate of drug-likeness (QED) is 0.328. The molecule has 0 radical (unpaired) electrons. The molecule has 36 heavy (non-hydrogen) atoms. The third-order valence-electron chi connectivity index (χ3n) is 5.57. The summed E-state index contributed by atoms with van der Waals surface area (Å²) in [6.07, 6.45) is 3.49. The summed E-state index contributed by atoms with van der Waals surface area (Å²) in [5, 5.41) is 0. The Bertz CT molecular complexity index is 1460. The molecule has 0 aliphatic carbocycles. The zero-order chi connectivity index (χ0) is 25.7. The Labute approximate surface area is 213 Å². The standard InChI is InChI=1S/C28H28N2O5S/c1-5-16-35-22-14-10-20(11-15-22)25-24(27(32)34-7-3)18(4)29-28-30(25)26(31)23(36-28)17-19-8-12-21(13-9-19)33-6-2/h5,8-15,17,25H,1,6-7,16H2,2-4H3/b23-17-/t25-/m1/s1. The number of aromatic nitrogens is 1. The Morgan fingerprint density at radius 3 is 2.36 bits per heavy atom. The fraction of sp³-hybridized carbons (Fsp3) is 0.250. The number of hydrogen-bond acceptors (Lipinski definition) is 7. The number of nitrogens with zero attached hydrogens (tertiary/aromatic N) is 2. The van der Waals surface area contributed by atoms with Gasteiger partial charge < -0.3 is 14.2 Å². The van der Waals surface area contributed by atoms with Gasteiger partial charge in [-0.25, -0.2) is 9.79 Å². The lowest BCUT2D eigenvalue weighted by Gasteiger charge is -2.24. The minimum Gasteiger partial charge on any atom is -0.494 e. The van der Waals surface area contributed by atoms with Crippen LogP contribution in [-0.2, 0) is 9.53 Å². The number of benzene rings is 2. The van der Waals surface area contributed by atoms with Gasteiger partial charge in [-0.2, -0.15) is 0 Å². The van der Waals surface area contributed by atoms with Gasteiger partial charge in [0.25, 0.3) is 5.56 Å². The van der Waals surface area contributed by atoms with Gasteiger partial charge in [0.1, 0.15) is 18.1 Å². The molecular formula is C28H28N2O5S. The number of hydrogen-bond donors (Lipinski definition) is 0. The van der Waals surface area contributed by atoms with E-state index in [-0.39, 0.29) is 12.2 Å². The molecule has 0 saturated heterocycles. The van der Waals surface area contributed by atoms with Crippen molar-refractivity contribution < 1.29 is 19.0 Å². The summed E-state index contributed by atoms with van der Waals surface area (Å²) in [6, 6.07) is 14.2. The SMILES string of the molecule is C=CCOc1ccc([C@@H]2C(C(=O)OCC)=C(C)N=c3s/c(=C\c4ccc(OCC)cc4)c(=O)n32)cc1. The van der Waals surface area contributed by atoms with Crippen LogP contribution in [0, 0.1) is 0 Å². The Morgan fingerprint density at radius 2 is 1.72 bits per heavy atom. The minimum atomic E-state index is -0.670. The molecule has 0 spiro atoms. The number of allylic oxidation sites excluding steroid dienone is 1. The maximum Gasteiger partial charge on any atom is 0.338 e. The van der Waals surface area contributed by atoms with Crippen LogP contribution in [0.4, 0.5) is 0 Å². The molecule has 0 N–H and O–H groups in total. The van der Waals surface area contributed by atoms with E-state index in [9.17, 15) is 9.59 Å². The van der Waals surface area contributed by atoms with E-state index in [4.69, 9.17) is 14.2 Å². The average Bonchev–Trinajstić information content (AvgIpc) is 3.18. The smallest absolute Gasteiger partial charge is 0.338 e. The van der Waals surface area contributed by atoms with Crippen LogP contribution >= 0.6 is 11.3 Å². The lowest BCUT2D eigenvalue weighted by molar-refractivity contribution is -0.139. The molecule has 1 aliphatic rings. The van der Waals surface area contributed by atoms with Crippen LogP contribution in [0.15, 0.2) is 82.2 Å². The van der Waals surface area contributed by atoms with E-state index in [2.05, 4.69) is 11.6 Å². The highest BCUT2D eigenvalue weighted by Gasteiger charge is 2.33. The zero-order valence-electron chi connectivity index (χ0n) is 20.5. The molecule has 0 saturated carbocycles. The summed E-state index contributed by atoms with van der Waals surface area (Å²) < 4.78 is 18.5. The van der Waals surface area contributed by atoms with Gasteiger partial charge in [0, 0.05) is 0 Å². The lowest BCUT2D eigenvalue weighted by Crippen LogP contribution is -2.39. The second kappa shape index (κ2) is 11.2. The highest BCUT2D eigenvalue weighted by Crippen LogP contribution is 2.31. The molecule has 7 nitrogen and oxygen atoms in total. The molecule has 2 heterocycles. The topological polar surface area (TPSA) is 79.1 Å². The van der Waals surface area contributed by atoms with Crippen LogP contribution < -0.4 is 24.4 Å². The number of carbonyl (C=O) groups excluding carboxylic acids is 1. The molecule has 0 amide bonds. The van der Waals surface area contributed by atoms with Crippen molar-refractivity contribution in [2.45, 2.75) is 26.8 Å². The largest absolute Gasteiger partial charge is 0.494 e. The van der Waals surface area contributed by atoms with Gasteiger partial charge in [-0.05, 0) is 62.2 Å². The maximum absolute atomic E-state index is 13.7. The Kier molecular flexibility index (Phi) is 7.85. The van der Waals surface area contributed by atoms with Crippen LogP contribution in [-0.4, -0.2) is 30.4 Å². The van der Waals surface area contributed by atoms with E-state index >= 15 is 0 Å². The van der Waals surface area contributed by atoms with Crippen molar-refractivity contribution in [3.05, 3.63) is 103 Å². The van der Waals surface area contributed by atoms with Crippen LogP contribution in [0.2, 0.25) is 0 Å². The molecule has 0 bridgehead atoms. The summed E-state index contributed by atoms with van der Waals surface area (Å²) in [5.74, 6) is 0.947. The fourth-order valence-corrected chi connectivity index (χ4v) is 5.03. The summed E-state index contributed by atoms with van der Waals surface area (Å²) >= 11 is 1.29. The van der Waals surface area contributed by atoms with Gasteiger partial charge in [0.05, 0.1) is 35.1 Å². The van der Waals surface area contributed by atoms with Crippen LogP contribution in [0.1, 0.15) is 37.9 Å².